The minimum atomic E-state index is -0.779. The van der Waals surface area contributed by atoms with E-state index in [1.807, 2.05) is 13.0 Å². The van der Waals surface area contributed by atoms with E-state index in [4.69, 9.17) is 11.5 Å². The third-order valence-corrected chi connectivity index (χ3v) is 2.47. The van der Waals surface area contributed by atoms with Gasteiger partial charge in [0.05, 0.1) is 0 Å². The van der Waals surface area contributed by atoms with Crippen molar-refractivity contribution in [2.24, 2.45) is 11.5 Å². The Balaban J connectivity index is 2.43. The molecule has 0 aliphatic carbocycles. The van der Waals surface area contributed by atoms with Gasteiger partial charge in [0.15, 0.2) is 0 Å². The fourth-order valence-electron chi connectivity index (χ4n) is 1.49. The second-order valence-electron chi connectivity index (χ2n) is 3.85. The van der Waals surface area contributed by atoms with Crippen LogP contribution in [-0.2, 0) is 11.3 Å². The molecule has 18 heavy (non-hydrogen) atoms. The monoisotopic (exact) mass is 251 g/mol. The molecule has 0 radical (unpaired) electrons. The predicted octanol–water partition coefficient (Wildman–Crippen LogP) is 0.279. The Bertz CT molecular complexity index is 446. The molecule has 0 atom stereocenters. The maximum absolute atomic E-state index is 11.0. The Morgan fingerprint density at radius 3 is 2.61 bits per heavy atom. The highest BCUT2D eigenvalue weighted by Crippen LogP contribution is 2.10. The number of hydrogen-bond acceptors (Lipinski definition) is 4. The van der Waals surface area contributed by atoms with E-state index in [1.165, 1.54) is 0 Å². The molecule has 0 aliphatic rings. The first-order chi connectivity index (χ1) is 8.50. The lowest BCUT2D eigenvalue weighted by molar-refractivity contribution is 0.1000. The highest BCUT2D eigenvalue weighted by Gasteiger charge is 2.03. The molecule has 0 saturated carbocycles. The first-order valence-corrected chi connectivity index (χ1v) is 5.53. The van der Waals surface area contributed by atoms with Crippen molar-refractivity contribution in [1.29, 1.82) is 0 Å². The van der Waals surface area contributed by atoms with E-state index in [9.17, 15) is 9.59 Å². The van der Waals surface area contributed by atoms with E-state index in [1.54, 1.807) is 12.1 Å². The summed E-state index contributed by atoms with van der Waals surface area (Å²) in [5.74, 6) is -0.438. The van der Waals surface area contributed by atoms with Crippen LogP contribution in [-0.4, -0.2) is 25.2 Å². The summed E-state index contributed by atoms with van der Waals surface area (Å²) >= 11 is 0. The molecule has 0 saturated heterocycles. The van der Waals surface area contributed by atoms with Gasteiger partial charge in [-0.05, 0) is 30.2 Å². The van der Waals surface area contributed by atoms with Crippen LogP contribution in [0.25, 0.3) is 0 Å². The first kappa shape index (κ1) is 14.0. The number of rotatable bonds is 6. The van der Waals surface area contributed by atoms with Crippen LogP contribution in [0, 0.1) is 6.92 Å². The number of hydrogen-bond donors (Lipinski definition) is 3. The van der Waals surface area contributed by atoms with Gasteiger partial charge in [0.25, 0.3) is 0 Å². The second-order valence-corrected chi connectivity index (χ2v) is 3.85. The lowest BCUT2D eigenvalue weighted by Gasteiger charge is -2.08. The Morgan fingerprint density at radius 2 is 2.06 bits per heavy atom. The van der Waals surface area contributed by atoms with Gasteiger partial charge in [-0.3, -0.25) is 4.79 Å². The van der Waals surface area contributed by atoms with E-state index in [0.29, 0.717) is 18.7 Å². The van der Waals surface area contributed by atoms with Crippen molar-refractivity contribution in [3.05, 3.63) is 34.9 Å². The van der Waals surface area contributed by atoms with Crippen LogP contribution in [0.3, 0.4) is 0 Å². The standard InChI is InChI=1S/C12H17N3O3/c1-8-6-9(11(13)16)2-3-10(8)7-15-4-5-18-12(14)17/h2-3,6,15H,4-5,7H2,1H3,(H2,13,16)(H2,14,17). The van der Waals surface area contributed by atoms with E-state index in [-0.39, 0.29) is 6.61 Å². The molecule has 6 nitrogen and oxygen atoms in total. The van der Waals surface area contributed by atoms with E-state index < -0.39 is 12.0 Å². The van der Waals surface area contributed by atoms with Crippen molar-refractivity contribution in [2.75, 3.05) is 13.2 Å². The smallest absolute Gasteiger partial charge is 0.404 e. The molecule has 1 rings (SSSR count). The molecule has 0 aromatic heterocycles. The minimum Gasteiger partial charge on any atom is -0.448 e. The van der Waals surface area contributed by atoms with Gasteiger partial charge < -0.3 is 21.5 Å². The minimum absolute atomic E-state index is 0.230. The maximum Gasteiger partial charge on any atom is 0.404 e. The number of nitrogens with one attached hydrogen (secondary N) is 1. The molecule has 0 heterocycles. The molecule has 6 heteroatoms. The molecular formula is C12H17N3O3. The second kappa shape index (κ2) is 6.61. The normalized spacial score (nSPS) is 10.1. The summed E-state index contributed by atoms with van der Waals surface area (Å²) in [5, 5.41) is 3.10. The summed E-state index contributed by atoms with van der Waals surface area (Å²) in [7, 11) is 0. The zero-order chi connectivity index (χ0) is 13.5. The Morgan fingerprint density at radius 1 is 1.33 bits per heavy atom. The summed E-state index contributed by atoms with van der Waals surface area (Å²) in [4.78, 5) is 21.3. The molecular weight excluding hydrogens is 234 g/mol. The third kappa shape index (κ3) is 4.42. The topological polar surface area (TPSA) is 107 Å². The number of amides is 2. The molecule has 98 valence electrons. The summed E-state index contributed by atoms with van der Waals surface area (Å²) in [6.45, 7) is 3.27. The van der Waals surface area contributed by atoms with E-state index in [0.717, 1.165) is 11.1 Å². The van der Waals surface area contributed by atoms with Gasteiger partial charge in [0.1, 0.15) is 6.61 Å². The van der Waals surface area contributed by atoms with Gasteiger partial charge in [0, 0.05) is 18.7 Å². The lowest BCUT2D eigenvalue weighted by Crippen LogP contribution is -2.23. The summed E-state index contributed by atoms with van der Waals surface area (Å²) in [6, 6.07) is 5.28. The number of benzene rings is 1. The summed E-state index contributed by atoms with van der Waals surface area (Å²) in [5.41, 5.74) is 12.5. The first-order valence-electron chi connectivity index (χ1n) is 5.53. The van der Waals surface area contributed by atoms with E-state index >= 15 is 0 Å². The van der Waals surface area contributed by atoms with Crippen LogP contribution in [0.1, 0.15) is 21.5 Å². The molecule has 0 aliphatic heterocycles. The van der Waals surface area contributed by atoms with Gasteiger partial charge in [0.2, 0.25) is 5.91 Å². The molecule has 0 unspecified atom stereocenters. The largest absolute Gasteiger partial charge is 0.448 e. The van der Waals surface area contributed by atoms with Crippen molar-refractivity contribution < 1.29 is 14.3 Å². The van der Waals surface area contributed by atoms with Gasteiger partial charge >= 0.3 is 6.09 Å². The van der Waals surface area contributed by atoms with Crippen LogP contribution in [0.4, 0.5) is 4.79 Å². The highest BCUT2D eigenvalue weighted by molar-refractivity contribution is 5.93. The Kier molecular flexibility index (Phi) is 5.13. The SMILES string of the molecule is Cc1cc(C(N)=O)ccc1CNCCOC(N)=O. The average molecular weight is 251 g/mol. The van der Waals surface area contributed by atoms with Crippen molar-refractivity contribution in [3.63, 3.8) is 0 Å². The number of nitrogens with two attached hydrogens (primary N) is 2. The molecule has 0 fully saturated rings. The Hall–Kier alpha value is -2.08. The predicted molar refractivity (Wildman–Crippen MR) is 66.9 cm³/mol. The molecule has 0 bridgehead atoms. The fourth-order valence-corrected chi connectivity index (χ4v) is 1.49. The molecule has 5 N–H and O–H groups in total. The number of carbonyl (C=O) groups is 2. The van der Waals surface area contributed by atoms with Crippen LogP contribution < -0.4 is 16.8 Å². The number of ether oxygens (including phenoxy) is 1. The van der Waals surface area contributed by atoms with Crippen molar-refractivity contribution >= 4 is 12.0 Å². The highest BCUT2D eigenvalue weighted by atomic mass is 16.5. The zero-order valence-corrected chi connectivity index (χ0v) is 10.2. The molecule has 1 aromatic rings. The van der Waals surface area contributed by atoms with Crippen LogP contribution in [0.5, 0.6) is 0 Å². The molecule has 2 amide bonds. The third-order valence-electron chi connectivity index (χ3n) is 2.47. The van der Waals surface area contributed by atoms with Gasteiger partial charge in [-0.1, -0.05) is 6.07 Å². The molecule has 0 spiro atoms. The summed E-state index contributed by atoms with van der Waals surface area (Å²) < 4.78 is 4.58. The quantitative estimate of drug-likeness (QED) is 0.631. The zero-order valence-electron chi connectivity index (χ0n) is 10.2. The van der Waals surface area contributed by atoms with Crippen LogP contribution in [0.2, 0.25) is 0 Å². The van der Waals surface area contributed by atoms with Gasteiger partial charge in [-0.15, -0.1) is 0 Å². The van der Waals surface area contributed by atoms with E-state index in [2.05, 4.69) is 10.1 Å². The van der Waals surface area contributed by atoms with Crippen molar-refractivity contribution in [2.45, 2.75) is 13.5 Å². The number of carbonyl (C=O) groups excluding carboxylic acids is 2. The van der Waals surface area contributed by atoms with Gasteiger partial charge in [-0.25, -0.2) is 4.79 Å². The number of primary amides is 2. The summed E-state index contributed by atoms with van der Waals surface area (Å²) in [6.07, 6.45) is -0.779. The maximum atomic E-state index is 11.0. The van der Waals surface area contributed by atoms with Crippen molar-refractivity contribution in [1.82, 2.24) is 5.32 Å². The van der Waals surface area contributed by atoms with Crippen molar-refractivity contribution in [3.8, 4) is 0 Å². The fraction of sp³-hybridized carbons (Fsp3) is 0.333. The van der Waals surface area contributed by atoms with Gasteiger partial charge in [-0.2, -0.15) is 0 Å². The number of aryl methyl sites for hydroxylation is 1. The van der Waals surface area contributed by atoms with Crippen LogP contribution in [0.15, 0.2) is 18.2 Å². The Labute approximate surface area is 105 Å². The van der Waals surface area contributed by atoms with Crippen LogP contribution >= 0.6 is 0 Å². The molecule has 1 aromatic carbocycles. The average Bonchev–Trinajstić information content (AvgIpc) is 2.29. The lowest BCUT2D eigenvalue weighted by atomic mass is 10.0.